The molecule has 2 bridgehead atoms. The third-order valence-electron chi connectivity index (χ3n) is 4.76. The molecule has 4 atom stereocenters. The van der Waals surface area contributed by atoms with Crippen molar-refractivity contribution in [1.82, 2.24) is 5.32 Å². The standard InChI is InChI=1S/C16H21N3O2.ClH/c17-15-11-7-6-10(8-11)14(15)16(21)18-9-13(20)19-12-4-2-1-3-5-12;/h1-5,10-11,14-15H,6-9,17H2,(H,18,21)(H,19,20);1H. The van der Waals surface area contributed by atoms with Crippen molar-refractivity contribution < 1.29 is 9.59 Å². The highest BCUT2D eigenvalue weighted by Gasteiger charge is 2.48. The maximum Gasteiger partial charge on any atom is 0.243 e. The minimum Gasteiger partial charge on any atom is -0.347 e. The molecular weight excluding hydrogens is 302 g/mol. The molecule has 0 saturated heterocycles. The van der Waals surface area contributed by atoms with Crippen LogP contribution < -0.4 is 16.4 Å². The van der Waals surface area contributed by atoms with Crippen LogP contribution >= 0.6 is 12.4 Å². The van der Waals surface area contributed by atoms with Gasteiger partial charge in [-0.2, -0.15) is 0 Å². The fraction of sp³-hybridized carbons (Fsp3) is 0.500. The molecule has 2 aliphatic carbocycles. The van der Waals surface area contributed by atoms with Crippen molar-refractivity contribution in [3.8, 4) is 0 Å². The molecule has 0 heterocycles. The van der Waals surface area contributed by atoms with Gasteiger partial charge in [-0.3, -0.25) is 9.59 Å². The van der Waals surface area contributed by atoms with Gasteiger partial charge in [-0.25, -0.2) is 0 Å². The Morgan fingerprint density at radius 3 is 2.45 bits per heavy atom. The Morgan fingerprint density at radius 1 is 1.14 bits per heavy atom. The number of rotatable bonds is 4. The summed E-state index contributed by atoms with van der Waals surface area (Å²) in [5, 5.41) is 5.48. The van der Waals surface area contributed by atoms with Crippen molar-refractivity contribution in [2.45, 2.75) is 25.3 Å². The summed E-state index contributed by atoms with van der Waals surface area (Å²) in [6.07, 6.45) is 3.30. The number of anilines is 1. The first kappa shape index (κ1) is 16.8. The van der Waals surface area contributed by atoms with Gasteiger partial charge in [0.1, 0.15) is 0 Å². The van der Waals surface area contributed by atoms with E-state index in [4.69, 9.17) is 5.73 Å². The molecule has 3 rings (SSSR count). The summed E-state index contributed by atoms with van der Waals surface area (Å²) in [6.45, 7) is -0.00562. The van der Waals surface area contributed by atoms with Crippen molar-refractivity contribution in [2.75, 3.05) is 11.9 Å². The number of benzene rings is 1. The second-order valence-electron chi connectivity index (χ2n) is 6.07. The molecule has 22 heavy (non-hydrogen) atoms. The summed E-state index contributed by atoms with van der Waals surface area (Å²) in [6, 6.07) is 9.16. The zero-order chi connectivity index (χ0) is 14.8. The Hall–Kier alpha value is -1.59. The van der Waals surface area contributed by atoms with Gasteiger partial charge in [-0.15, -0.1) is 12.4 Å². The first-order valence-electron chi connectivity index (χ1n) is 7.53. The maximum atomic E-state index is 12.2. The minimum absolute atomic E-state index is 0. The van der Waals surface area contributed by atoms with Crippen LogP contribution in [0.15, 0.2) is 30.3 Å². The number of carbonyl (C=O) groups excluding carboxylic acids is 2. The van der Waals surface area contributed by atoms with E-state index in [1.165, 1.54) is 0 Å². The first-order valence-corrected chi connectivity index (χ1v) is 7.53. The van der Waals surface area contributed by atoms with E-state index in [9.17, 15) is 9.59 Å². The second kappa shape index (κ2) is 7.11. The number of carbonyl (C=O) groups is 2. The summed E-state index contributed by atoms with van der Waals surface area (Å²) in [4.78, 5) is 24.0. The van der Waals surface area contributed by atoms with Gasteiger partial charge in [-0.1, -0.05) is 18.2 Å². The number of amides is 2. The largest absolute Gasteiger partial charge is 0.347 e. The van der Waals surface area contributed by atoms with E-state index in [2.05, 4.69) is 10.6 Å². The van der Waals surface area contributed by atoms with E-state index < -0.39 is 0 Å². The molecule has 0 aliphatic heterocycles. The molecule has 4 unspecified atom stereocenters. The summed E-state index contributed by atoms with van der Waals surface area (Å²) in [5.74, 6) is 0.489. The Kier molecular flexibility index (Phi) is 5.42. The van der Waals surface area contributed by atoms with E-state index in [-0.39, 0.29) is 42.7 Å². The average molecular weight is 324 g/mol. The van der Waals surface area contributed by atoms with Crippen LogP contribution in [0.5, 0.6) is 0 Å². The van der Waals surface area contributed by atoms with Gasteiger partial charge in [0.25, 0.3) is 0 Å². The number of nitrogens with two attached hydrogens (primary N) is 1. The van der Waals surface area contributed by atoms with Crippen molar-refractivity contribution in [3.05, 3.63) is 30.3 Å². The molecule has 2 fully saturated rings. The lowest BCUT2D eigenvalue weighted by atomic mass is 9.84. The van der Waals surface area contributed by atoms with Gasteiger partial charge in [0, 0.05) is 11.7 Å². The molecule has 1 aromatic carbocycles. The second-order valence-corrected chi connectivity index (χ2v) is 6.07. The Balaban J connectivity index is 0.00000176. The van der Waals surface area contributed by atoms with Gasteiger partial charge in [-0.05, 0) is 43.2 Å². The molecule has 2 aliphatic rings. The molecule has 0 aromatic heterocycles. The molecule has 4 N–H and O–H groups in total. The third-order valence-corrected chi connectivity index (χ3v) is 4.76. The van der Waals surface area contributed by atoms with E-state index in [1.54, 1.807) is 0 Å². The van der Waals surface area contributed by atoms with Crippen molar-refractivity contribution in [1.29, 1.82) is 0 Å². The molecule has 6 heteroatoms. The Bertz CT molecular complexity index is 535. The molecule has 120 valence electrons. The maximum absolute atomic E-state index is 12.2. The fourth-order valence-electron chi connectivity index (χ4n) is 3.74. The quantitative estimate of drug-likeness (QED) is 0.785. The third kappa shape index (κ3) is 3.42. The number of nitrogens with one attached hydrogen (secondary N) is 2. The SMILES string of the molecule is Cl.NC1C2CCC(C2)C1C(=O)NCC(=O)Nc1ccccc1. The zero-order valence-electron chi connectivity index (χ0n) is 12.3. The van der Waals surface area contributed by atoms with Crippen LogP contribution in [0.25, 0.3) is 0 Å². The van der Waals surface area contributed by atoms with Crippen LogP contribution in [-0.4, -0.2) is 24.4 Å². The number of fused-ring (bicyclic) bond motifs is 2. The number of para-hydroxylation sites is 1. The molecule has 5 nitrogen and oxygen atoms in total. The summed E-state index contributed by atoms with van der Waals surface area (Å²) >= 11 is 0. The predicted molar refractivity (Wildman–Crippen MR) is 87.6 cm³/mol. The van der Waals surface area contributed by atoms with Gasteiger partial charge in [0.2, 0.25) is 11.8 Å². The lowest BCUT2D eigenvalue weighted by Crippen LogP contribution is -2.46. The lowest BCUT2D eigenvalue weighted by molar-refractivity contribution is -0.129. The van der Waals surface area contributed by atoms with Crippen LogP contribution in [0.1, 0.15) is 19.3 Å². The van der Waals surface area contributed by atoms with Crippen LogP contribution in [0, 0.1) is 17.8 Å². The van der Waals surface area contributed by atoms with Gasteiger partial charge >= 0.3 is 0 Å². The van der Waals surface area contributed by atoms with Crippen LogP contribution in [0.2, 0.25) is 0 Å². The van der Waals surface area contributed by atoms with Crippen LogP contribution in [-0.2, 0) is 9.59 Å². The van der Waals surface area contributed by atoms with Gasteiger partial charge in [0.15, 0.2) is 0 Å². The zero-order valence-corrected chi connectivity index (χ0v) is 13.1. The molecule has 2 amide bonds. The van der Waals surface area contributed by atoms with Crippen molar-refractivity contribution in [3.63, 3.8) is 0 Å². The van der Waals surface area contributed by atoms with Crippen LogP contribution in [0.3, 0.4) is 0 Å². The van der Waals surface area contributed by atoms with Gasteiger partial charge in [0.05, 0.1) is 12.5 Å². The highest BCUT2D eigenvalue weighted by molar-refractivity contribution is 5.94. The summed E-state index contributed by atoms with van der Waals surface area (Å²) < 4.78 is 0. The first-order chi connectivity index (χ1) is 10.1. The molecular formula is C16H22ClN3O2. The smallest absolute Gasteiger partial charge is 0.243 e. The monoisotopic (exact) mass is 323 g/mol. The number of hydrogen-bond acceptors (Lipinski definition) is 3. The molecule has 1 aromatic rings. The Labute approximate surface area is 136 Å². The number of hydrogen-bond donors (Lipinski definition) is 3. The normalized spacial score (nSPS) is 28.8. The summed E-state index contributed by atoms with van der Waals surface area (Å²) in [5.41, 5.74) is 6.86. The highest BCUT2D eigenvalue weighted by Crippen LogP contribution is 2.47. The van der Waals surface area contributed by atoms with Crippen molar-refractivity contribution in [2.24, 2.45) is 23.5 Å². The van der Waals surface area contributed by atoms with E-state index >= 15 is 0 Å². The van der Waals surface area contributed by atoms with Gasteiger partial charge < -0.3 is 16.4 Å². The topological polar surface area (TPSA) is 84.2 Å². The number of halogens is 1. The van der Waals surface area contributed by atoms with Crippen molar-refractivity contribution >= 4 is 29.9 Å². The predicted octanol–water partition coefficient (Wildman–Crippen LogP) is 1.54. The molecule has 2 saturated carbocycles. The lowest BCUT2D eigenvalue weighted by Gasteiger charge is -2.26. The highest BCUT2D eigenvalue weighted by atomic mass is 35.5. The minimum atomic E-state index is -0.216. The molecule has 0 radical (unpaired) electrons. The van der Waals surface area contributed by atoms with Crippen LogP contribution in [0.4, 0.5) is 5.69 Å². The average Bonchev–Trinajstić information content (AvgIpc) is 3.07. The van der Waals surface area contributed by atoms with E-state index in [0.717, 1.165) is 24.9 Å². The Morgan fingerprint density at radius 2 is 1.82 bits per heavy atom. The fourth-order valence-corrected chi connectivity index (χ4v) is 3.74. The van der Waals surface area contributed by atoms with E-state index in [0.29, 0.717) is 11.8 Å². The summed E-state index contributed by atoms with van der Waals surface area (Å²) in [7, 11) is 0. The van der Waals surface area contributed by atoms with E-state index in [1.807, 2.05) is 30.3 Å². The molecule has 0 spiro atoms.